The lowest BCUT2D eigenvalue weighted by atomic mass is 10.0. The smallest absolute Gasteiger partial charge is 0.258 e. The number of non-ortho nitro benzene ring substituents is 2. The van der Waals surface area contributed by atoms with E-state index in [0.717, 1.165) is 18.9 Å². The summed E-state index contributed by atoms with van der Waals surface area (Å²) in [6.07, 6.45) is 23.1. The standard InChI is InChI=1S/C24H38N2O4/c1-2-3-4-5-6-7-8-9-10-11-12-13-14-15-16-17-18-22-19-23(25(27)28)21-24(20-22)26(29)30/h17-21H,2-16H2,1H3/b18-17+. The van der Waals surface area contributed by atoms with Gasteiger partial charge in [0, 0.05) is 12.1 Å². The van der Waals surface area contributed by atoms with Gasteiger partial charge in [0.25, 0.3) is 11.4 Å². The molecule has 0 radical (unpaired) electrons. The lowest BCUT2D eigenvalue weighted by Gasteiger charge is -2.03. The number of allylic oxidation sites excluding steroid dienone is 1. The minimum Gasteiger partial charge on any atom is -0.258 e. The average molecular weight is 419 g/mol. The summed E-state index contributed by atoms with van der Waals surface area (Å²) >= 11 is 0. The Morgan fingerprint density at radius 3 is 1.47 bits per heavy atom. The molecule has 1 aromatic carbocycles. The fourth-order valence-electron chi connectivity index (χ4n) is 3.60. The Morgan fingerprint density at radius 2 is 1.07 bits per heavy atom. The van der Waals surface area contributed by atoms with Crippen molar-refractivity contribution in [2.45, 2.75) is 103 Å². The maximum absolute atomic E-state index is 10.9. The molecule has 0 aromatic heterocycles. The van der Waals surface area contributed by atoms with E-state index in [1.807, 2.05) is 6.08 Å². The van der Waals surface area contributed by atoms with Gasteiger partial charge in [-0.15, -0.1) is 0 Å². The van der Waals surface area contributed by atoms with E-state index in [4.69, 9.17) is 0 Å². The fourth-order valence-corrected chi connectivity index (χ4v) is 3.60. The molecule has 0 saturated carbocycles. The van der Waals surface area contributed by atoms with E-state index in [1.165, 1.54) is 95.6 Å². The van der Waals surface area contributed by atoms with Crippen molar-refractivity contribution in [2.24, 2.45) is 0 Å². The predicted molar refractivity (Wildman–Crippen MR) is 124 cm³/mol. The highest BCUT2D eigenvalue weighted by molar-refractivity contribution is 5.59. The van der Waals surface area contributed by atoms with Gasteiger partial charge in [-0.1, -0.05) is 103 Å². The van der Waals surface area contributed by atoms with Gasteiger partial charge in [0.15, 0.2) is 0 Å². The number of benzene rings is 1. The number of unbranched alkanes of at least 4 members (excludes halogenated alkanes) is 14. The first-order valence-electron chi connectivity index (χ1n) is 11.6. The Hall–Kier alpha value is -2.24. The van der Waals surface area contributed by atoms with E-state index in [0.29, 0.717) is 5.56 Å². The monoisotopic (exact) mass is 418 g/mol. The molecule has 0 saturated heterocycles. The van der Waals surface area contributed by atoms with Crippen LogP contribution >= 0.6 is 0 Å². The number of hydrogen-bond donors (Lipinski definition) is 0. The van der Waals surface area contributed by atoms with Gasteiger partial charge in [0.05, 0.1) is 15.9 Å². The molecule has 0 bridgehead atoms. The molecule has 0 aliphatic carbocycles. The molecular weight excluding hydrogens is 380 g/mol. The van der Waals surface area contributed by atoms with Crippen molar-refractivity contribution < 1.29 is 9.85 Å². The van der Waals surface area contributed by atoms with E-state index in [-0.39, 0.29) is 11.4 Å². The van der Waals surface area contributed by atoms with E-state index < -0.39 is 9.85 Å². The van der Waals surface area contributed by atoms with Gasteiger partial charge < -0.3 is 0 Å². The molecule has 0 heterocycles. The van der Waals surface area contributed by atoms with Crippen molar-refractivity contribution in [2.75, 3.05) is 0 Å². The fraction of sp³-hybridized carbons (Fsp3) is 0.667. The maximum Gasteiger partial charge on any atom is 0.276 e. The average Bonchev–Trinajstić information content (AvgIpc) is 2.73. The zero-order valence-corrected chi connectivity index (χ0v) is 18.5. The highest BCUT2D eigenvalue weighted by Crippen LogP contribution is 2.23. The molecular formula is C24H38N2O4. The summed E-state index contributed by atoms with van der Waals surface area (Å²) in [4.78, 5) is 20.6. The summed E-state index contributed by atoms with van der Waals surface area (Å²) in [6.45, 7) is 2.26. The number of nitro groups is 2. The second kappa shape index (κ2) is 16.5. The van der Waals surface area contributed by atoms with Crippen molar-refractivity contribution in [3.8, 4) is 0 Å². The summed E-state index contributed by atoms with van der Waals surface area (Å²) in [6, 6.07) is 3.73. The van der Waals surface area contributed by atoms with Crippen LogP contribution in [-0.2, 0) is 0 Å². The summed E-state index contributed by atoms with van der Waals surface area (Å²) in [7, 11) is 0. The lowest BCUT2D eigenvalue weighted by molar-refractivity contribution is -0.394. The minimum atomic E-state index is -0.599. The summed E-state index contributed by atoms with van der Waals surface area (Å²) in [5.74, 6) is 0. The summed E-state index contributed by atoms with van der Waals surface area (Å²) in [5.41, 5.74) is 0.00181. The third-order valence-electron chi connectivity index (χ3n) is 5.38. The number of nitrogens with zero attached hydrogens (tertiary/aromatic N) is 2. The first-order valence-corrected chi connectivity index (χ1v) is 11.6. The highest BCUT2D eigenvalue weighted by Gasteiger charge is 2.15. The zero-order valence-electron chi connectivity index (χ0n) is 18.5. The molecule has 0 amide bonds. The van der Waals surface area contributed by atoms with Gasteiger partial charge in [-0.3, -0.25) is 20.2 Å². The van der Waals surface area contributed by atoms with Crippen LogP contribution < -0.4 is 0 Å². The molecule has 0 N–H and O–H groups in total. The third-order valence-corrected chi connectivity index (χ3v) is 5.38. The zero-order chi connectivity index (χ0) is 22.0. The number of rotatable bonds is 18. The topological polar surface area (TPSA) is 86.3 Å². The van der Waals surface area contributed by atoms with Crippen LogP contribution in [0.25, 0.3) is 6.08 Å². The van der Waals surface area contributed by atoms with Crippen LogP contribution in [0.2, 0.25) is 0 Å². The Bertz CT molecular complexity index is 626. The van der Waals surface area contributed by atoms with Crippen molar-refractivity contribution in [3.63, 3.8) is 0 Å². The Kier molecular flexibility index (Phi) is 14.2. The highest BCUT2D eigenvalue weighted by atomic mass is 16.6. The van der Waals surface area contributed by atoms with Gasteiger partial charge in [0.2, 0.25) is 0 Å². The van der Waals surface area contributed by atoms with Gasteiger partial charge >= 0.3 is 0 Å². The van der Waals surface area contributed by atoms with Crippen LogP contribution in [0.4, 0.5) is 11.4 Å². The van der Waals surface area contributed by atoms with Crippen LogP contribution in [0.15, 0.2) is 24.3 Å². The van der Waals surface area contributed by atoms with Crippen molar-refractivity contribution in [3.05, 3.63) is 50.1 Å². The van der Waals surface area contributed by atoms with Gasteiger partial charge in [-0.2, -0.15) is 0 Å². The third kappa shape index (κ3) is 12.3. The first kappa shape index (κ1) is 25.8. The lowest BCUT2D eigenvalue weighted by Crippen LogP contribution is -1.93. The Morgan fingerprint density at radius 1 is 0.667 bits per heavy atom. The minimum absolute atomic E-state index is 0.250. The summed E-state index contributed by atoms with van der Waals surface area (Å²) < 4.78 is 0. The summed E-state index contributed by atoms with van der Waals surface area (Å²) in [5, 5.41) is 21.8. The number of hydrogen-bond acceptors (Lipinski definition) is 4. The first-order chi connectivity index (χ1) is 14.5. The van der Waals surface area contributed by atoms with Crippen molar-refractivity contribution in [1.29, 1.82) is 0 Å². The predicted octanol–water partition coefficient (Wildman–Crippen LogP) is 8.39. The molecule has 168 valence electrons. The molecule has 0 aliphatic heterocycles. The molecule has 0 aliphatic rings. The van der Waals surface area contributed by atoms with Crippen LogP contribution in [0.5, 0.6) is 0 Å². The normalized spacial score (nSPS) is 11.2. The molecule has 0 fully saturated rings. The number of nitro benzene ring substituents is 2. The van der Waals surface area contributed by atoms with E-state index in [9.17, 15) is 20.2 Å². The second-order valence-corrected chi connectivity index (χ2v) is 8.08. The van der Waals surface area contributed by atoms with Crippen LogP contribution in [0.3, 0.4) is 0 Å². The van der Waals surface area contributed by atoms with Crippen molar-refractivity contribution >= 4 is 17.5 Å². The molecule has 1 aromatic rings. The molecule has 0 atom stereocenters. The molecule has 0 unspecified atom stereocenters. The van der Waals surface area contributed by atoms with Crippen molar-refractivity contribution in [1.82, 2.24) is 0 Å². The van der Waals surface area contributed by atoms with Crippen LogP contribution in [-0.4, -0.2) is 9.85 Å². The Balaban J connectivity index is 2.07. The SMILES string of the molecule is CCCCCCCCCCCCCCCC/C=C/c1cc([N+](=O)[O-])cc([N+](=O)[O-])c1. The van der Waals surface area contributed by atoms with E-state index in [1.54, 1.807) is 6.08 Å². The largest absolute Gasteiger partial charge is 0.276 e. The molecule has 30 heavy (non-hydrogen) atoms. The van der Waals surface area contributed by atoms with Crippen LogP contribution in [0, 0.1) is 20.2 Å². The van der Waals surface area contributed by atoms with E-state index in [2.05, 4.69) is 6.92 Å². The quantitative estimate of drug-likeness (QED) is 0.136. The van der Waals surface area contributed by atoms with Gasteiger partial charge in [-0.05, 0) is 18.4 Å². The van der Waals surface area contributed by atoms with Crippen LogP contribution in [0.1, 0.15) is 109 Å². The Labute approximate surface area is 181 Å². The van der Waals surface area contributed by atoms with Gasteiger partial charge in [-0.25, -0.2) is 0 Å². The molecule has 6 nitrogen and oxygen atoms in total. The second-order valence-electron chi connectivity index (χ2n) is 8.08. The molecule has 6 heteroatoms. The van der Waals surface area contributed by atoms with E-state index >= 15 is 0 Å². The maximum atomic E-state index is 10.9. The molecule has 0 spiro atoms. The molecule has 1 rings (SSSR count). The van der Waals surface area contributed by atoms with Gasteiger partial charge in [0.1, 0.15) is 0 Å².